The number of aliphatic hydroxyl groups excluding tert-OH is 3. The summed E-state index contributed by atoms with van der Waals surface area (Å²) >= 11 is 0. The van der Waals surface area contributed by atoms with Gasteiger partial charge in [0, 0.05) is 0 Å². The summed E-state index contributed by atoms with van der Waals surface area (Å²) in [6.07, 6.45) is 55.9. The van der Waals surface area contributed by atoms with Crippen molar-refractivity contribution in [2.45, 2.75) is 263 Å². The number of hydrogen-bond donors (Lipinski definition) is 4. The Morgan fingerprint density at radius 3 is 1.19 bits per heavy atom. The molecular formula is C49H93NO4. The van der Waals surface area contributed by atoms with Crippen LogP contribution < -0.4 is 5.32 Å². The summed E-state index contributed by atoms with van der Waals surface area (Å²) in [5.41, 5.74) is 0. The van der Waals surface area contributed by atoms with Gasteiger partial charge < -0.3 is 20.6 Å². The Bertz CT molecular complexity index is 840. The second kappa shape index (κ2) is 44.3. The SMILES string of the molecule is CCCCCCCCCCC/C=C\CCCCCC(O)CC(=O)NC(CO)C(O)/C=C/CC/C=C/CCCCCCCCCCCCCCCCCCC. The summed E-state index contributed by atoms with van der Waals surface area (Å²) in [5, 5.41) is 33.2. The van der Waals surface area contributed by atoms with Crippen LogP contribution in [0.1, 0.15) is 245 Å². The number of hydrogen-bond acceptors (Lipinski definition) is 4. The standard InChI is InChI=1S/C49H93NO4/c1-3-5-7-9-11-13-15-17-19-21-22-23-24-25-26-27-29-31-33-35-37-39-41-43-48(53)47(45-51)50-49(54)44-46(52)42-40-38-36-34-32-30-28-20-18-16-14-12-10-8-6-4-2/h30,32-33,35,41,43,46-48,51-53H,3-29,31,34,36-40,42,44-45H2,1-2H3,(H,50,54)/b32-30-,35-33+,43-41+. The Morgan fingerprint density at radius 1 is 0.463 bits per heavy atom. The number of aliphatic hydroxyl groups is 3. The van der Waals surface area contributed by atoms with E-state index >= 15 is 0 Å². The van der Waals surface area contributed by atoms with Crippen LogP contribution in [0.15, 0.2) is 36.5 Å². The molecule has 54 heavy (non-hydrogen) atoms. The fraction of sp³-hybridized carbons (Fsp3) is 0.857. The molecule has 0 aromatic heterocycles. The molecule has 5 heteroatoms. The van der Waals surface area contributed by atoms with Crippen molar-refractivity contribution >= 4 is 5.91 Å². The molecular weight excluding hydrogens is 667 g/mol. The average molecular weight is 760 g/mol. The molecule has 5 nitrogen and oxygen atoms in total. The zero-order chi connectivity index (χ0) is 39.4. The van der Waals surface area contributed by atoms with Crippen LogP contribution >= 0.6 is 0 Å². The third-order valence-electron chi connectivity index (χ3n) is 10.9. The Kier molecular flexibility index (Phi) is 43.1. The molecule has 0 radical (unpaired) electrons. The van der Waals surface area contributed by atoms with Gasteiger partial charge in [0.25, 0.3) is 0 Å². The first-order valence-corrected chi connectivity index (χ1v) is 23.8. The minimum atomic E-state index is -0.955. The molecule has 0 saturated heterocycles. The predicted molar refractivity (Wildman–Crippen MR) is 236 cm³/mol. The maximum atomic E-state index is 12.4. The molecule has 0 rings (SSSR count). The van der Waals surface area contributed by atoms with Crippen molar-refractivity contribution in [3.05, 3.63) is 36.5 Å². The Balaban J connectivity index is 3.69. The summed E-state index contributed by atoms with van der Waals surface area (Å²) in [5.74, 6) is -0.333. The van der Waals surface area contributed by atoms with Gasteiger partial charge in [-0.05, 0) is 57.8 Å². The molecule has 4 N–H and O–H groups in total. The number of allylic oxidation sites excluding steroid dienone is 5. The Morgan fingerprint density at radius 2 is 0.796 bits per heavy atom. The minimum Gasteiger partial charge on any atom is -0.394 e. The monoisotopic (exact) mass is 760 g/mol. The molecule has 0 fully saturated rings. The van der Waals surface area contributed by atoms with Crippen LogP contribution in [0.5, 0.6) is 0 Å². The van der Waals surface area contributed by atoms with Crippen LogP contribution in [0.4, 0.5) is 0 Å². The topological polar surface area (TPSA) is 89.8 Å². The number of unbranched alkanes of at least 4 members (excludes halogenated alkanes) is 30. The van der Waals surface area contributed by atoms with Gasteiger partial charge in [-0.1, -0.05) is 217 Å². The van der Waals surface area contributed by atoms with Gasteiger partial charge >= 0.3 is 0 Å². The molecule has 0 aliphatic carbocycles. The molecule has 318 valence electrons. The predicted octanol–water partition coefficient (Wildman–Crippen LogP) is 13.9. The van der Waals surface area contributed by atoms with E-state index in [1.807, 2.05) is 6.08 Å². The molecule has 3 unspecified atom stereocenters. The molecule has 0 aromatic carbocycles. The van der Waals surface area contributed by atoms with Gasteiger partial charge in [-0.25, -0.2) is 0 Å². The molecule has 0 aliphatic heterocycles. The normalized spacial score (nSPS) is 13.8. The molecule has 0 spiro atoms. The van der Waals surface area contributed by atoms with E-state index in [1.54, 1.807) is 6.08 Å². The molecule has 0 aromatic rings. The van der Waals surface area contributed by atoms with Crippen LogP contribution in [0.3, 0.4) is 0 Å². The van der Waals surface area contributed by atoms with Crippen molar-refractivity contribution in [2.75, 3.05) is 6.61 Å². The molecule has 0 saturated carbocycles. The number of amides is 1. The lowest BCUT2D eigenvalue weighted by Crippen LogP contribution is -2.45. The third-order valence-corrected chi connectivity index (χ3v) is 10.9. The van der Waals surface area contributed by atoms with Gasteiger partial charge in [0.05, 0.1) is 31.3 Å². The van der Waals surface area contributed by atoms with E-state index in [4.69, 9.17) is 0 Å². The van der Waals surface area contributed by atoms with Crippen molar-refractivity contribution < 1.29 is 20.1 Å². The highest BCUT2D eigenvalue weighted by molar-refractivity contribution is 5.76. The van der Waals surface area contributed by atoms with Gasteiger partial charge in [-0.2, -0.15) is 0 Å². The molecule has 0 aliphatic rings. The summed E-state index contributed by atoms with van der Waals surface area (Å²) in [6, 6.07) is -0.765. The Labute approximate surface area is 336 Å². The fourth-order valence-corrected chi connectivity index (χ4v) is 7.23. The van der Waals surface area contributed by atoms with Gasteiger partial charge in [0.15, 0.2) is 0 Å². The summed E-state index contributed by atoms with van der Waals surface area (Å²) in [4.78, 5) is 12.4. The van der Waals surface area contributed by atoms with Gasteiger partial charge in [0.1, 0.15) is 0 Å². The number of nitrogens with one attached hydrogen (secondary N) is 1. The van der Waals surface area contributed by atoms with Gasteiger partial charge in [0.2, 0.25) is 5.91 Å². The van der Waals surface area contributed by atoms with E-state index in [1.165, 1.54) is 173 Å². The van der Waals surface area contributed by atoms with E-state index in [2.05, 4.69) is 43.5 Å². The van der Waals surface area contributed by atoms with Crippen LogP contribution in [0.2, 0.25) is 0 Å². The second-order valence-corrected chi connectivity index (χ2v) is 16.4. The van der Waals surface area contributed by atoms with Crippen molar-refractivity contribution in [1.29, 1.82) is 0 Å². The van der Waals surface area contributed by atoms with E-state index in [0.29, 0.717) is 6.42 Å². The molecule has 1 amide bonds. The van der Waals surface area contributed by atoms with Crippen molar-refractivity contribution in [1.82, 2.24) is 5.32 Å². The maximum absolute atomic E-state index is 12.4. The second-order valence-electron chi connectivity index (χ2n) is 16.4. The van der Waals surface area contributed by atoms with E-state index in [9.17, 15) is 20.1 Å². The first-order valence-electron chi connectivity index (χ1n) is 23.8. The lowest BCUT2D eigenvalue weighted by molar-refractivity contribution is -0.124. The van der Waals surface area contributed by atoms with Crippen LogP contribution in [0, 0.1) is 0 Å². The molecule has 0 bridgehead atoms. The first-order chi connectivity index (χ1) is 26.5. The fourth-order valence-electron chi connectivity index (χ4n) is 7.23. The summed E-state index contributed by atoms with van der Waals surface area (Å²) in [7, 11) is 0. The Hall–Kier alpha value is -1.43. The lowest BCUT2D eigenvalue weighted by atomic mass is 10.0. The van der Waals surface area contributed by atoms with Crippen LogP contribution in [-0.4, -0.2) is 46.1 Å². The largest absolute Gasteiger partial charge is 0.394 e. The van der Waals surface area contributed by atoms with E-state index in [0.717, 1.165) is 44.9 Å². The number of carbonyl (C=O) groups is 1. The third kappa shape index (κ3) is 40.2. The summed E-state index contributed by atoms with van der Waals surface area (Å²) in [6.45, 7) is 4.21. The van der Waals surface area contributed by atoms with E-state index in [-0.39, 0.29) is 18.9 Å². The zero-order valence-electron chi connectivity index (χ0n) is 36.1. The average Bonchev–Trinajstić information content (AvgIpc) is 3.16. The molecule has 0 heterocycles. The van der Waals surface area contributed by atoms with Gasteiger partial charge in [-0.3, -0.25) is 4.79 Å². The quantitative estimate of drug-likeness (QED) is 0.0368. The van der Waals surface area contributed by atoms with Gasteiger partial charge in [-0.15, -0.1) is 0 Å². The summed E-state index contributed by atoms with van der Waals surface area (Å²) < 4.78 is 0. The van der Waals surface area contributed by atoms with Crippen molar-refractivity contribution in [3.63, 3.8) is 0 Å². The maximum Gasteiger partial charge on any atom is 0.222 e. The van der Waals surface area contributed by atoms with Crippen molar-refractivity contribution in [2.24, 2.45) is 0 Å². The smallest absolute Gasteiger partial charge is 0.222 e. The van der Waals surface area contributed by atoms with Crippen LogP contribution in [0.25, 0.3) is 0 Å². The highest BCUT2D eigenvalue weighted by Gasteiger charge is 2.20. The number of carbonyl (C=O) groups excluding carboxylic acids is 1. The first kappa shape index (κ1) is 52.6. The van der Waals surface area contributed by atoms with Crippen molar-refractivity contribution in [3.8, 4) is 0 Å². The zero-order valence-corrected chi connectivity index (χ0v) is 36.1. The molecule has 3 atom stereocenters. The lowest BCUT2D eigenvalue weighted by Gasteiger charge is -2.20. The van der Waals surface area contributed by atoms with Crippen LogP contribution in [-0.2, 0) is 4.79 Å². The highest BCUT2D eigenvalue weighted by Crippen LogP contribution is 2.15. The minimum absolute atomic E-state index is 0.00415. The number of rotatable bonds is 43. The van der Waals surface area contributed by atoms with E-state index < -0.39 is 18.2 Å². The highest BCUT2D eigenvalue weighted by atomic mass is 16.3.